The van der Waals surface area contributed by atoms with Gasteiger partial charge in [-0.15, -0.1) is 0 Å². The van der Waals surface area contributed by atoms with Gasteiger partial charge in [0.15, 0.2) is 0 Å². The van der Waals surface area contributed by atoms with E-state index in [1.54, 1.807) is 6.07 Å². The van der Waals surface area contributed by atoms with Crippen molar-refractivity contribution in [1.82, 2.24) is 0 Å². The summed E-state index contributed by atoms with van der Waals surface area (Å²) in [5.41, 5.74) is 3.81. The monoisotopic (exact) mass is 225 g/mol. The number of para-hydroxylation sites is 1. The van der Waals surface area contributed by atoms with Crippen LogP contribution < -0.4 is 5.32 Å². The molecule has 0 radical (unpaired) electrons. The number of phenols is 1. The highest BCUT2D eigenvalue weighted by Gasteiger charge is 2.19. The summed E-state index contributed by atoms with van der Waals surface area (Å²) in [5.74, 6) is 0.345. The molecule has 1 aliphatic heterocycles. The van der Waals surface area contributed by atoms with E-state index < -0.39 is 0 Å². The number of phenolic OH excluding ortho intramolecular Hbond substituents is 1. The van der Waals surface area contributed by atoms with Gasteiger partial charge in [-0.1, -0.05) is 30.3 Å². The quantitative estimate of drug-likeness (QED) is 0.823. The van der Waals surface area contributed by atoms with E-state index in [-0.39, 0.29) is 0 Å². The fourth-order valence-electron chi connectivity index (χ4n) is 2.47. The standard InChI is InChI=1S/C15H15NO/c17-14-6-3-4-11(9-14)8-13-10-12-5-1-2-7-15(12)16-13/h1-7,9,13,16-17H,8,10H2. The first-order valence-electron chi connectivity index (χ1n) is 5.93. The number of hydrogen-bond acceptors (Lipinski definition) is 2. The molecule has 1 heterocycles. The lowest BCUT2D eigenvalue weighted by atomic mass is 10.0. The Hall–Kier alpha value is -1.96. The van der Waals surface area contributed by atoms with Crippen molar-refractivity contribution in [3.63, 3.8) is 0 Å². The summed E-state index contributed by atoms with van der Waals surface area (Å²) in [6.07, 6.45) is 2.01. The number of rotatable bonds is 2. The highest BCUT2D eigenvalue weighted by Crippen LogP contribution is 2.27. The maximum Gasteiger partial charge on any atom is 0.115 e. The minimum absolute atomic E-state index is 0.345. The van der Waals surface area contributed by atoms with Gasteiger partial charge in [0.2, 0.25) is 0 Å². The molecule has 0 amide bonds. The van der Waals surface area contributed by atoms with Crippen molar-refractivity contribution in [2.24, 2.45) is 0 Å². The Morgan fingerprint density at radius 3 is 2.82 bits per heavy atom. The molecule has 0 saturated carbocycles. The van der Waals surface area contributed by atoms with Gasteiger partial charge in [0.1, 0.15) is 5.75 Å². The van der Waals surface area contributed by atoms with E-state index in [9.17, 15) is 5.11 Å². The van der Waals surface area contributed by atoms with Gasteiger partial charge in [0.05, 0.1) is 0 Å². The summed E-state index contributed by atoms with van der Waals surface area (Å²) >= 11 is 0. The van der Waals surface area contributed by atoms with E-state index in [4.69, 9.17) is 0 Å². The SMILES string of the molecule is Oc1cccc(CC2Cc3ccccc3N2)c1. The average molecular weight is 225 g/mol. The molecule has 0 aliphatic carbocycles. The smallest absolute Gasteiger partial charge is 0.115 e. The zero-order valence-corrected chi connectivity index (χ0v) is 9.56. The Labute approximate surface area is 101 Å². The lowest BCUT2D eigenvalue weighted by Crippen LogP contribution is -2.18. The molecule has 1 aliphatic rings. The maximum atomic E-state index is 9.44. The molecule has 0 saturated heterocycles. The second-order valence-electron chi connectivity index (χ2n) is 4.58. The van der Waals surface area contributed by atoms with Crippen LogP contribution in [0, 0.1) is 0 Å². The lowest BCUT2D eigenvalue weighted by molar-refractivity contribution is 0.474. The third-order valence-corrected chi connectivity index (χ3v) is 3.24. The molecule has 2 heteroatoms. The largest absolute Gasteiger partial charge is 0.508 e. The van der Waals surface area contributed by atoms with Gasteiger partial charge in [-0.05, 0) is 42.2 Å². The Morgan fingerprint density at radius 2 is 2.00 bits per heavy atom. The van der Waals surface area contributed by atoms with Crippen molar-refractivity contribution >= 4 is 5.69 Å². The van der Waals surface area contributed by atoms with E-state index in [2.05, 4.69) is 35.6 Å². The second-order valence-corrected chi connectivity index (χ2v) is 4.58. The van der Waals surface area contributed by atoms with Gasteiger partial charge in [0.25, 0.3) is 0 Å². The van der Waals surface area contributed by atoms with Crippen LogP contribution in [0.25, 0.3) is 0 Å². The van der Waals surface area contributed by atoms with E-state index in [1.165, 1.54) is 16.8 Å². The third-order valence-electron chi connectivity index (χ3n) is 3.24. The van der Waals surface area contributed by atoms with Gasteiger partial charge >= 0.3 is 0 Å². The third kappa shape index (κ3) is 2.11. The number of fused-ring (bicyclic) bond motifs is 1. The van der Waals surface area contributed by atoms with Crippen LogP contribution in [0.15, 0.2) is 48.5 Å². The first kappa shape index (κ1) is 10.2. The number of aromatic hydroxyl groups is 1. The number of anilines is 1. The predicted molar refractivity (Wildman–Crippen MR) is 69.4 cm³/mol. The normalized spacial score (nSPS) is 17.5. The lowest BCUT2D eigenvalue weighted by Gasteiger charge is -2.11. The van der Waals surface area contributed by atoms with Crippen molar-refractivity contribution in [3.05, 3.63) is 59.7 Å². The molecule has 2 nitrogen and oxygen atoms in total. The van der Waals surface area contributed by atoms with Crippen LogP contribution in [0.5, 0.6) is 5.75 Å². The van der Waals surface area contributed by atoms with Crippen molar-refractivity contribution in [2.45, 2.75) is 18.9 Å². The first-order valence-corrected chi connectivity index (χ1v) is 5.93. The molecule has 0 spiro atoms. The predicted octanol–water partition coefficient (Wildman–Crippen LogP) is 2.97. The molecule has 0 aromatic heterocycles. The van der Waals surface area contributed by atoms with Crippen molar-refractivity contribution in [2.75, 3.05) is 5.32 Å². The molecule has 17 heavy (non-hydrogen) atoms. The molecule has 1 unspecified atom stereocenters. The summed E-state index contributed by atoms with van der Waals surface area (Å²) in [6, 6.07) is 16.4. The molecule has 86 valence electrons. The summed E-state index contributed by atoms with van der Waals surface area (Å²) in [6.45, 7) is 0. The van der Waals surface area contributed by atoms with Crippen LogP contribution in [0.3, 0.4) is 0 Å². The molecule has 0 bridgehead atoms. The van der Waals surface area contributed by atoms with Gasteiger partial charge in [0, 0.05) is 11.7 Å². The van der Waals surface area contributed by atoms with Crippen molar-refractivity contribution < 1.29 is 5.11 Å². The van der Waals surface area contributed by atoms with Crippen LogP contribution in [-0.2, 0) is 12.8 Å². The number of nitrogens with one attached hydrogen (secondary N) is 1. The molecule has 3 rings (SSSR count). The fraction of sp³-hybridized carbons (Fsp3) is 0.200. The van der Waals surface area contributed by atoms with Gasteiger partial charge in [-0.25, -0.2) is 0 Å². The second kappa shape index (κ2) is 4.13. The Balaban J connectivity index is 1.74. The van der Waals surface area contributed by atoms with Crippen molar-refractivity contribution in [1.29, 1.82) is 0 Å². The minimum atomic E-state index is 0.345. The van der Waals surface area contributed by atoms with Crippen molar-refractivity contribution in [3.8, 4) is 5.75 Å². The van der Waals surface area contributed by atoms with Crippen LogP contribution in [0.1, 0.15) is 11.1 Å². The summed E-state index contributed by atoms with van der Waals surface area (Å²) in [7, 11) is 0. The minimum Gasteiger partial charge on any atom is -0.508 e. The van der Waals surface area contributed by atoms with E-state index >= 15 is 0 Å². The van der Waals surface area contributed by atoms with E-state index in [0.717, 1.165) is 12.8 Å². The number of hydrogen-bond donors (Lipinski definition) is 2. The highest BCUT2D eigenvalue weighted by atomic mass is 16.3. The molecule has 0 fully saturated rings. The van der Waals surface area contributed by atoms with Crippen LogP contribution in [0.2, 0.25) is 0 Å². The van der Waals surface area contributed by atoms with Crippen LogP contribution in [0.4, 0.5) is 5.69 Å². The van der Waals surface area contributed by atoms with Gasteiger partial charge in [-0.2, -0.15) is 0 Å². The van der Waals surface area contributed by atoms with Gasteiger partial charge in [-0.3, -0.25) is 0 Å². The molecular weight excluding hydrogens is 210 g/mol. The zero-order chi connectivity index (χ0) is 11.7. The Bertz CT molecular complexity index is 511. The summed E-state index contributed by atoms with van der Waals surface area (Å²) < 4.78 is 0. The van der Waals surface area contributed by atoms with E-state index in [1.807, 2.05) is 12.1 Å². The van der Waals surface area contributed by atoms with Gasteiger partial charge < -0.3 is 10.4 Å². The average Bonchev–Trinajstić information content (AvgIpc) is 2.71. The molecule has 2 aromatic carbocycles. The maximum absolute atomic E-state index is 9.44. The molecule has 1 atom stereocenters. The Morgan fingerprint density at radius 1 is 1.12 bits per heavy atom. The zero-order valence-electron chi connectivity index (χ0n) is 9.56. The van der Waals surface area contributed by atoms with Crippen LogP contribution in [-0.4, -0.2) is 11.1 Å². The fourth-order valence-corrected chi connectivity index (χ4v) is 2.47. The molecule has 2 aromatic rings. The molecule has 2 N–H and O–H groups in total. The van der Waals surface area contributed by atoms with Crippen LogP contribution >= 0.6 is 0 Å². The summed E-state index contributed by atoms with van der Waals surface area (Å²) in [5, 5.41) is 13.0. The first-order chi connectivity index (χ1) is 8.31. The summed E-state index contributed by atoms with van der Waals surface area (Å²) in [4.78, 5) is 0. The molecular formula is C15H15NO. The Kier molecular flexibility index (Phi) is 2.48. The van der Waals surface area contributed by atoms with E-state index in [0.29, 0.717) is 11.8 Å². The number of benzene rings is 2. The highest BCUT2D eigenvalue weighted by molar-refractivity contribution is 5.56. The topological polar surface area (TPSA) is 32.3 Å².